The molecule has 0 heterocycles. The first-order valence-electron chi connectivity index (χ1n) is 2.01. The van der Waals surface area contributed by atoms with Gasteiger partial charge in [0.2, 0.25) is 0 Å². The van der Waals surface area contributed by atoms with Gasteiger partial charge >= 0.3 is 23.1 Å². The molecule has 0 aliphatic heterocycles. The third kappa shape index (κ3) is 5.21. The van der Waals surface area contributed by atoms with Crippen molar-refractivity contribution in [3.05, 3.63) is 35.4 Å². The second-order valence-electron chi connectivity index (χ2n) is 1.22. The number of benzene rings is 1. The predicted octanol–water partition coefficient (Wildman–Crippen LogP) is -1.24. The van der Waals surface area contributed by atoms with E-state index < -0.39 is 0 Å². The van der Waals surface area contributed by atoms with Crippen LogP contribution in [0.15, 0.2) is 24.3 Å². The molecule has 0 N–H and O–H groups in total. The summed E-state index contributed by atoms with van der Waals surface area (Å²) < 4.78 is 0. The summed E-state index contributed by atoms with van der Waals surface area (Å²) >= 11 is 5.51. The second kappa shape index (κ2) is 6.87. The van der Waals surface area contributed by atoms with E-state index in [1.54, 1.807) is 6.07 Å². The minimum absolute atomic E-state index is 0. The zero-order chi connectivity index (χ0) is 5.11. The van der Waals surface area contributed by atoms with Crippen LogP contribution >= 0.6 is 11.6 Å². The Morgan fingerprint density at radius 3 is 2.33 bits per heavy atom. The topological polar surface area (TPSA) is 0 Å². The van der Waals surface area contributed by atoms with Crippen molar-refractivity contribution in [2.75, 3.05) is 0 Å². The third-order valence-corrected chi connectivity index (χ3v) is 0.904. The van der Waals surface area contributed by atoms with Crippen LogP contribution in [0.2, 0.25) is 5.02 Å². The second-order valence-corrected chi connectivity index (χ2v) is 1.66. The fourth-order valence-corrected chi connectivity index (χ4v) is 0.507. The molecule has 1 aromatic carbocycles. The van der Waals surface area contributed by atoms with Gasteiger partial charge in [-0.15, -0.1) is 0 Å². The fourth-order valence-electron chi connectivity index (χ4n) is 0.371. The van der Waals surface area contributed by atoms with Gasteiger partial charge in [-0.3, -0.25) is 0 Å². The molecular formula is C6H4BrClMg. The maximum atomic E-state index is 5.51. The van der Waals surface area contributed by atoms with E-state index in [4.69, 9.17) is 11.6 Å². The largest absolute Gasteiger partial charge is 2.00 e. The molecule has 0 aliphatic carbocycles. The van der Waals surface area contributed by atoms with Crippen LogP contribution in [-0.4, -0.2) is 23.1 Å². The van der Waals surface area contributed by atoms with Crippen molar-refractivity contribution in [2.24, 2.45) is 0 Å². The molecule has 9 heavy (non-hydrogen) atoms. The summed E-state index contributed by atoms with van der Waals surface area (Å²) in [7, 11) is 0. The number of halogens is 2. The molecule has 0 saturated heterocycles. The zero-order valence-corrected chi connectivity index (χ0v) is 8.53. The van der Waals surface area contributed by atoms with E-state index in [-0.39, 0.29) is 40.0 Å². The molecule has 0 nitrogen and oxygen atoms in total. The molecule has 44 valence electrons. The number of hydrogen-bond donors (Lipinski definition) is 0. The summed E-state index contributed by atoms with van der Waals surface area (Å²) in [5.74, 6) is 0. The Morgan fingerprint density at radius 2 is 2.11 bits per heavy atom. The van der Waals surface area contributed by atoms with Gasteiger partial charge in [0.15, 0.2) is 0 Å². The van der Waals surface area contributed by atoms with Gasteiger partial charge < -0.3 is 17.0 Å². The van der Waals surface area contributed by atoms with E-state index in [2.05, 4.69) is 6.07 Å². The summed E-state index contributed by atoms with van der Waals surface area (Å²) in [6, 6.07) is 10.0. The average Bonchev–Trinajstić information content (AvgIpc) is 1.69. The number of hydrogen-bond acceptors (Lipinski definition) is 0. The number of rotatable bonds is 0. The van der Waals surface area contributed by atoms with Crippen LogP contribution in [0.5, 0.6) is 0 Å². The summed E-state index contributed by atoms with van der Waals surface area (Å²) in [5.41, 5.74) is 0. The van der Waals surface area contributed by atoms with Gasteiger partial charge in [0.1, 0.15) is 0 Å². The van der Waals surface area contributed by atoms with Crippen LogP contribution in [0.3, 0.4) is 0 Å². The van der Waals surface area contributed by atoms with Crippen molar-refractivity contribution in [1.29, 1.82) is 0 Å². The molecule has 0 fully saturated rings. The maximum absolute atomic E-state index is 5.51. The minimum atomic E-state index is 0. The average molecular weight is 216 g/mol. The van der Waals surface area contributed by atoms with Gasteiger partial charge in [0.25, 0.3) is 0 Å². The van der Waals surface area contributed by atoms with Gasteiger partial charge in [-0.1, -0.05) is 5.02 Å². The van der Waals surface area contributed by atoms with Crippen molar-refractivity contribution in [3.63, 3.8) is 0 Å². The molecule has 0 aliphatic rings. The summed E-state index contributed by atoms with van der Waals surface area (Å²) in [4.78, 5) is 0. The zero-order valence-electron chi connectivity index (χ0n) is 4.77. The summed E-state index contributed by atoms with van der Waals surface area (Å²) in [6.45, 7) is 0. The van der Waals surface area contributed by atoms with E-state index in [1.807, 2.05) is 18.2 Å². The Kier molecular flexibility index (Phi) is 9.49. The van der Waals surface area contributed by atoms with Gasteiger partial charge in [-0.05, 0) is 0 Å². The van der Waals surface area contributed by atoms with Crippen LogP contribution in [0.25, 0.3) is 0 Å². The first-order chi connectivity index (χ1) is 3.39. The first kappa shape index (κ1) is 12.4. The molecule has 0 aromatic heterocycles. The third-order valence-electron chi connectivity index (χ3n) is 0.669. The van der Waals surface area contributed by atoms with Crippen molar-refractivity contribution in [1.82, 2.24) is 0 Å². The Hall–Kier alpha value is 0.756. The van der Waals surface area contributed by atoms with Crippen LogP contribution in [0.1, 0.15) is 0 Å². The van der Waals surface area contributed by atoms with E-state index in [1.165, 1.54) is 0 Å². The molecule has 0 atom stereocenters. The predicted molar refractivity (Wildman–Crippen MR) is 36.0 cm³/mol. The SMILES string of the molecule is Clc1c[c-]ccc1.[Br-].[Mg+2]. The maximum Gasteiger partial charge on any atom is 2.00 e. The Labute approximate surface area is 86.5 Å². The van der Waals surface area contributed by atoms with E-state index in [0.717, 1.165) is 5.02 Å². The molecule has 0 spiro atoms. The molecule has 0 amide bonds. The summed E-state index contributed by atoms with van der Waals surface area (Å²) in [5, 5.41) is 0.738. The molecule has 1 rings (SSSR count). The Balaban J connectivity index is 0. The van der Waals surface area contributed by atoms with Gasteiger partial charge in [0, 0.05) is 0 Å². The molecule has 3 heteroatoms. The van der Waals surface area contributed by atoms with E-state index >= 15 is 0 Å². The molecular weight excluding hydrogens is 212 g/mol. The van der Waals surface area contributed by atoms with Crippen LogP contribution in [0.4, 0.5) is 0 Å². The van der Waals surface area contributed by atoms with Crippen LogP contribution < -0.4 is 17.0 Å². The Morgan fingerprint density at radius 1 is 1.44 bits per heavy atom. The van der Waals surface area contributed by atoms with Crippen molar-refractivity contribution >= 4 is 34.7 Å². The van der Waals surface area contributed by atoms with Crippen LogP contribution in [-0.2, 0) is 0 Å². The monoisotopic (exact) mass is 214 g/mol. The van der Waals surface area contributed by atoms with Crippen molar-refractivity contribution in [2.45, 2.75) is 0 Å². The minimum Gasteiger partial charge on any atom is -1.00 e. The van der Waals surface area contributed by atoms with Gasteiger partial charge in [-0.25, -0.2) is 0 Å². The van der Waals surface area contributed by atoms with Crippen molar-refractivity contribution in [3.8, 4) is 0 Å². The normalized spacial score (nSPS) is 6.78. The van der Waals surface area contributed by atoms with Crippen LogP contribution in [0, 0.1) is 6.07 Å². The smallest absolute Gasteiger partial charge is 1.00 e. The summed E-state index contributed by atoms with van der Waals surface area (Å²) in [6.07, 6.45) is 0. The Bertz CT molecular complexity index is 143. The molecule has 0 saturated carbocycles. The molecule has 0 bridgehead atoms. The van der Waals surface area contributed by atoms with E-state index in [9.17, 15) is 0 Å². The quantitative estimate of drug-likeness (QED) is 0.376. The molecule has 0 unspecified atom stereocenters. The first-order valence-corrected chi connectivity index (χ1v) is 2.39. The van der Waals surface area contributed by atoms with E-state index in [0.29, 0.717) is 0 Å². The fraction of sp³-hybridized carbons (Fsp3) is 0. The van der Waals surface area contributed by atoms with Gasteiger partial charge in [0.05, 0.1) is 0 Å². The standard InChI is InChI=1S/C6H4Cl.BrH.Mg/c7-6-4-2-1-3-5-6;;/h1-2,4-5H;1H;/q-1;;+2/p-1. The van der Waals surface area contributed by atoms with Gasteiger partial charge in [-0.2, -0.15) is 41.9 Å². The molecule has 1 aromatic rings. The molecule has 0 radical (unpaired) electrons. The van der Waals surface area contributed by atoms with Crippen molar-refractivity contribution < 1.29 is 17.0 Å².